The Hall–Kier alpha value is -1.63. The number of hydrazine groups is 1. The Morgan fingerprint density at radius 2 is 2.12 bits per heavy atom. The van der Waals surface area contributed by atoms with Gasteiger partial charge in [-0.3, -0.25) is 15.5 Å². The largest absolute Gasteiger partial charge is 0.340 e. The lowest BCUT2D eigenvalue weighted by Crippen LogP contribution is -2.53. The van der Waals surface area contributed by atoms with E-state index in [4.69, 9.17) is 5.84 Å². The SMILES string of the molecule is CCC(C)(C)C1C(=O)NC(=O)N1C(=O)NN. The van der Waals surface area contributed by atoms with Crippen molar-refractivity contribution < 1.29 is 14.4 Å². The predicted molar refractivity (Wildman–Crippen MR) is 56.0 cm³/mol. The number of amides is 5. The van der Waals surface area contributed by atoms with Gasteiger partial charge < -0.3 is 0 Å². The highest BCUT2D eigenvalue weighted by Gasteiger charge is 2.49. The molecule has 0 spiro atoms. The number of rotatable bonds is 2. The van der Waals surface area contributed by atoms with Crippen molar-refractivity contribution in [3.05, 3.63) is 0 Å². The van der Waals surface area contributed by atoms with E-state index < -0.39 is 29.4 Å². The minimum atomic E-state index is -0.825. The van der Waals surface area contributed by atoms with Gasteiger partial charge in [0.15, 0.2) is 0 Å². The van der Waals surface area contributed by atoms with Crippen LogP contribution in [0.2, 0.25) is 0 Å². The molecule has 1 aliphatic rings. The van der Waals surface area contributed by atoms with Crippen molar-refractivity contribution in [2.24, 2.45) is 11.3 Å². The number of imide groups is 2. The van der Waals surface area contributed by atoms with E-state index in [1.807, 2.05) is 26.2 Å². The lowest BCUT2D eigenvalue weighted by atomic mass is 9.81. The highest BCUT2D eigenvalue weighted by atomic mass is 16.2. The molecule has 5 amide bonds. The van der Waals surface area contributed by atoms with Crippen molar-refractivity contribution in [1.29, 1.82) is 0 Å². The average Bonchev–Trinajstić information content (AvgIpc) is 2.53. The Morgan fingerprint density at radius 1 is 1.56 bits per heavy atom. The number of carbonyl (C=O) groups is 3. The third-order valence-electron chi connectivity index (χ3n) is 2.95. The first kappa shape index (κ1) is 12.4. The first-order valence-electron chi connectivity index (χ1n) is 4.99. The topological polar surface area (TPSA) is 105 Å². The van der Waals surface area contributed by atoms with Crippen LogP contribution in [0.15, 0.2) is 0 Å². The minimum Gasteiger partial charge on any atom is -0.276 e. The van der Waals surface area contributed by atoms with Gasteiger partial charge in [-0.25, -0.2) is 20.3 Å². The molecule has 1 rings (SSSR count). The van der Waals surface area contributed by atoms with Gasteiger partial charge in [0.2, 0.25) is 0 Å². The third kappa shape index (κ3) is 1.85. The molecule has 1 fully saturated rings. The molecular formula is C9H16N4O3. The normalized spacial score (nSPS) is 21.0. The van der Waals surface area contributed by atoms with Crippen LogP contribution in [0.5, 0.6) is 0 Å². The van der Waals surface area contributed by atoms with E-state index >= 15 is 0 Å². The van der Waals surface area contributed by atoms with Gasteiger partial charge in [0.25, 0.3) is 5.91 Å². The molecule has 16 heavy (non-hydrogen) atoms. The van der Waals surface area contributed by atoms with E-state index in [0.717, 1.165) is 4.90 Å². The van der Waals surface area contributed by atoms with Crippen molar-refractivity contribution in [2.75, 3.05) is 0 Å². The van der Waals surface area contributed by atoms with Crippen LogP contribution in [0.4, 0.5) is 9.59 Å². The van der Waals surface area contributed by atoms with E-state index in [1.54, 1.807) is 0 Å². The summed E-state index contributed by atoms with van der Waals surface area (Å²) in [4.78, 5) is 35.3. The van der Waals surface area contributed by atoms with Crippen LogP contribution in [0.1, 0.15) is 27.2 Å². The molecule has 7 nitrogen and oxygen atoms in total. The lowest BCUT2D eigenvalue weighted by Gasteiger charge is -2.32. The van der Waals surface area contributed by atoms with E-state index in [9.17, 15) is 14.4 Å². The highest BCUT2D eigenvalue weighted by Crippen LogP contribution is 2.31. The van der Waals surface area contributed by atoms with Crippen LogP contribution in [0.3, 0.4) is 0 Å². The zero-order chi connectivity index (χ0) is 12.5. The number of urea groups is 2. The molecule has 0 aromatic carbocycles. The summed E-state index contributed by atoms with van der Waals surface area (Å²) in [6, 6.07) is -2.34. The summed E-state index contributed by atoms with van der Waals surface area (Å²) in [6.45, 7) is 5.51. The van der Waals surface area contributed by atoms with Gasteiger partial charge in [0.1, 0.15) is 6.04 Å². The van der Waals surface area contributed by atoms with E-state index in [-0.39, 0.29) is 0 Å². The zero-order valence-corrected chi connectivity index (χ0v) is 9.53. The fourth-order valence-corrected chi connectivity index (χ4v) is 1.65. The first-order chi connectivity index (χ1) is 7.35. The molecule has 1 aliphatic heterocycles. The summed E-state index contributed by atoms with van der Waals surface area (Å²) < 4.78 is 0. The van der Waals surface area contributed by atoms with Crippen molar-refractivity contribution >= 4 is 18.0 Å². The summed E-state index contributed by atoms with van der Waals surface area (Å²) in [5.74, 6) is 4.50. The summed E-state index contributed by atoms with van der Waals surface area (Å²) in [7, 11) is 0. The Bertz CT molecular complexity index is 340. The van der Waals surface area contributed by atoms with Gasteiger partial charge in [0.05, 0.1) is 0 Å². The second-order valence-corrected chi connectivity index (χ2v) is 4.36. The minimum absolute atomic E-state index is 0.472. The van der Waals surface area contributed by atoms with Gasteiger partial charge in [-0.05, 0) is 11.8 Å². The van der Waals surface area contributed by atoms with Crippen molar-refractivity contribution in [3.63, 3.8) is 0 Å². The molecular weight excluding hydrogens is 212 g/mol. The van der Waals surface area contributed by atoms with Crippen LogP contribution in [-0.2, 0) is 4.79 Å². The van der Waals surface area contributed by atoms with Crippen molar-refractivity contribution in [2.45, 2.75) is 33.2 Å². The molecule has 0 aromatic heterocycles. The maximum Gasteiger partial charge on any atom is 0.340 e. The first-order valence-corrected chi connectivity index (χ1v) is 4.99. The fraction of sp³-hybridized carbons (Fsp3) is 0.667. The summed E-state index contributed by atoms with van der Waals surface area (Å²) in [5.41, 5.74) is 1.36. The van der Waals surface area contributed by atoms with Crippen LogP contribution >= 0.6 is 0 Å². The average molecular weight is 228 g/mol. The van der Waals surface area contributed by atoms with Gasteiger partial charge in [-0.1, -0.05) is 20.8 Å². The Balaban J connectivity index is 3.08. The Kier molecular flexibility index (Phi) is 3.18. The van der Waals surface area contributed by atoms with E-state index in [1.165, 1.54) is 0 Å². The number of nitrogens with one attached hydrogen (secondary N) is 2. The maximum absolute atomic E-state index is 11.6. The maximum atomic E-state index is 11.6. The molecule has 0 saturated carbocycles. The van der Waals surface area contributed by atoms with Gasteiger partial charge in [-0.15, -0.1) is 0 Å². The van der Waals surface area contributed by atoms with Gasteiger partial charge in [-0.2, -0.15) is 0 Å². The molecule has 1 unspecified atom stereocenters. The van der Waals surface area contributed by atoms with Gasteiger partial charge >= 0.3 is 12.1 Å². The molecule has 1 heterocycles. The van der Waals surface area contributed by atoms with Crippen molar-refractivity contribution in [1.82, 2.24) is 15.6 Å². The predicted octanol–water partition coefficient (Wildman–Crippen LogP) is -0.0737. The molecule has 7 heteroatoms. The number of hydrogen-bond acceptors (Lipinski definition) is 4. The molecule has 0 radical (unpaired) electrons. The second kappa shape index (κ2) is 4.09. The summed E-state index contributed by atoms with van der Waals surface area (Å²) in [6.07, 6.45) is 0.646. The van der Waals surface area contributed by atoms with E-state index in [2.05, 4.69) is 5.32 Å². The molecule has 90 valence electrons. The fourth-order valence-electron chi connectivity index (χ4n) is 1.65. The monoisotopic (exact) mass is 228 g/mol. The molecule has 4 N–H and O–H groups in total. The highest BCUT2D eigenvalue weighted by molar-refractivity contribution is 6.11. The number of nitrogens with two attached hydrogens (primary N) is 1. The molecule has 0 aromatic rings. The molecule has 1 atom stereocenters. The lowest BCUT2D eigenvalue weighted by molar-refractivity contribution is -0.124. The third-order valence-corrected chi connectivity index (χ3v) is 2.95. The molecule has 0 aliphatic carbocycles. The van der Waals surface area contributed by atoms with Crippen LogP contribution in [0, 0.1) is 5.41 Å². The molecule has 1 saturated heterocycles. The second-order valence-electron chi connectivity index (χ2n) is 4.36. The standard InChI is InChI=1S/C9H16N4O3/c1-4-9(2,3)5-6(14)11-7(15)13(5)8(16)12-10/h5H,4,10H2,1-3H3,(H,12,16)(H,11,14,15). The van der Waals surface area contributed by atoms with Gasteiger partial charge in [0, 0.05) is 0 Å². The number of carbonyl (C=O) groups excluding carboxylic acids is 3. The van der Waals surface area contributed by atoms with Crippen LogP contribution in [0.25, 0.3) is 0 Å². The number of hydrogen-bond donors (Lipinski definition) is 3. The quantitative estimate of drug-likeness (QED) is 0.266. The Labute approximate surface area is 93.3 Å². The Morgan fingerprint density at radius 3 is 2.56 bits per heavy atom. The van der Waals surface area contributed by atoms with E-state index in [0.29, 0.717) is 6.42 Å². The van der Waals surface area contributed by atoms with Crippen molar-refractivity contribution in [3.8, 4) is 0 Å². The van der Waals surface area contributed by atoms with Crippen LogP contribution < -0.4 is 16.6 Å². The summed E-state index contributed by atoms with van der Waals surface area (Å²) in [5, 5.41) is 2.10. The summed E-state index contributed by atoms with van der Waals surface area (Å²) >= 11 is 0. The number of nitrogens with zero attached hydrogens (tertiary/aromatic N) is 1. The molecule has 0 bridgehead atoms. The smallest absolute Gasteiger partial charge is 0.276 e. The zero-order valence-electron chi connectivity index (χ0n) is 9.53. The van der Waals surface area contributed by atoms with Crippen LogP contribution in [-0.4, -0.2) is 28.9 Å².